The van der Waals surface area contributed by atoms with Gasteiger partial charge < -0.3 is 29.3 Å². The van der Waals surface area contributed by atoms with E-state index in [1.165, 1.54) is 0 Å². The number of rotatable bonds is 10. The molecule has 4 fully saturated rings. The highest BCUT2D eigenvalue weighted by Crippen LogP contribution is 2.64. The number of ether oxygens (including phenoxy) is 3. The van der Waals surface area contributed by atoms with Gasteiger partial charge >= 0.3 is 12.1 Å². The fourth-order valence-corrected chi connectivity index (χ4v) is 9.93. The van der Waals surface area contributed by atoms with Crippen molar-refractivity contribution in [2.24, 2.45) is 52.8 Å². The molecule has 1 aliphatic heterocycles. The zero-order valence-corrected chi connectivity index (χ0v) is 26.0. The molecule has 0 aromatic heterocycles. The van der Waals surface area contributed by atoms with E-state index in [-0.39, 0.29) is 41.4 Å². The predicted molar refractivity (Wildman–Crippen MR) is 156 cm³/mol. The van der Waals surface area contributed by atoms with Gasteiger partial charge in [0.2, 0.25) is 0 Å². The Morgan fingerprint density at radius 2 is 1.90 bits per heavy atom. The molecule has 2 N–H and O–H groups in total. The second kappa shape index (κ2) is 12.6. The summed E-state index contributed by atoms with van der Waals surface area (Å²) in [5.41, 5.74) is 0.570. The summed E-state index contributed by atoms with van der Waals surface area (Å²) < 4.78 is 18.4. The molecule has 9 heteroatoms. The SMILES string of the molecule is CCCC(CO[C@@H]1C2COC[C@]3(C[C@H]1OC(=O)O)C1=CC(=O)C4C(CCC(CC(C)C)[C@H]4C(=O)O)C1CCC23)N(C)C. The van der Waals surface area contributed by atoms with Crippen LogP contribution < -0.4 is 0 Å². The Kier molecular flexibility index (Phi) is 9.41. The van der Waals surface area contributed by atoms with Gasteiger partial charge in [0.15, 0.2) is 5.78 Å². The fraction of sp³-hybridized carbons (Fsp3) is 0.848. The first-order chi connectivity index (χ1) is 20.0. The maximum atomic E-state index is 14.0. The van der Waals surface area contributed by atoms with Crippen molar-refractivity contribution in [3.63, 3.8) is 0 Å². The first-order valence-electron chi connectivity index (χ1n) is 16.2. The Labute approximate surface area is 250 Å². The lowest BCUT2D eigenvalue weighted by Gasteiger charge is -2.62. The molecule has 0 amide bonds. The molecule has 5 aliphatic rings. The third kappa shape index (κ3) is 5.65. The lowest BCUT2D eigenvalue weighted by atomic mass is 9.45. The summed E-state index contributed by atoms with van der Waals surface area (Å²) in [5, 5.41) is 20.1. The molecule has 0 radical (unpaired) electrons. The lowest BCUT2D eigenvalue weighted by molar-refractivity contribution is -0.220. The number of carboxylic acids is 1. The van der Waals surface area contributed by atoms with E-state index in [9.17, 15) is 24.6 Å². The van der Waals surface area contributed by atoms with E-state index < -0.39 is 41.6 Å². The van der Waals surface area contributed by atoms with E-state index in [0.717, 1.165) is 50.5 Å². The minimum absolute atomic E-state index is 0.000391. The van der Waals surface area contributed by atoms with Gasteiger partial charge in [-0.15, -0.1) is 0 Å². The van der Waals surface area contributed by atoms with E-state index in [0.29, 0.717) is 32.2 Å². The molecule has 42 heavy (non-hydrogen) atoms. The second-order valence-corrected chi connectivity index (χ2v) is 14.5. The molecule has 4 aliphatic carbocycles. The van der Waals surface area contributed by atoms with Crippen molar-refractivity contribution in [3.8, 4) is 0 Å². The van der Waals surface area contributed by atoms with Crippen LogP contribution in [0.1, 0.15) is 72.1 Å². The van der Waals surface area contributed by atoms with Gasteiger partial charge in [0.1, 0.15) is 6.10 Å². The molecular formula is C33H51NO8. The van der Waals surface area contributed by atoms with Gasteiger partial charge in [-0.3, -0.25) is 9.59 Å². The topological polar surface area (TPSA) is 123 Å². The number of carbonyl (C=O) groups is 3. The van der Waals surface area contributed by atoms with Crippen molar-refractivity contribution in [3.05, 3.63) is 11.6 Å². The van der Waals surface area contributed by atoms with Crippen molar-refractivity contribution in [2.75, 3.05) is 33.9 Å². The number of carbonyl (C=O) groups excluding carboxylic acids is 1. The van der Waals surface area contributed by atoms with Crippen molar-refractivity contribution >= 4 is 17.9 Å². The summed E-state index contributed by atoms with van der Waals surface area (Å²) in [4.78, 5) is 40.6. The summed E-state index contributed by atoms with van der Waals surface area (Å²) >= 11 is 0. The average Bonchev–Trinajstić information content (AvgIpc) is 2.91. The van der Waals surface area contributed by atoms with Gasteiger partial charge in [0, 0.05) is 23.3 Å². The molecular weight excluding hydrogens is 538 g/mol. The van der Waals surface area contributed by atoms with E-state index in [2.05, 4.69) is 25.7 Å². The third-order valence-corrected chi connectivity index (χ3v) is 11.5. The van der Waals surface area contributed by atoms with Gasteiger partial charge in [-0.05, 0) is 94.7 Å². The molecule has 0 aromatic carbocycles. The number of hydrogen-bond acceptors (Lipinski definition) is 7. The smallest absolute Gasteiger partial charge is 0.481 e. The lowest BCUT2D eigenvalue weighted by Crippen LogP contribution is -2.64. The molecule has 0 aromatic rings. The van der Waals surface area contributed by atoms with Crippen LogP contribution in [0.25, 0.3) is 0 Å². The van der Waals surface area contributed by atoms with Crippen LogP contribution in [-0.4, -0.2) is 85.2 Å². The normalized spacial score (nSPS) is 40.0. The van der Waals surface area contributed by atoms with E-state index in [1.807, 2.05) is 14.1 Å². The highest BCUT2D eigenvalue weighted by Gasteiger charge is 2.64. The summed E-state index contributed by atoms with van der Waals surface area (Å²) in [6.45, 7) is 7.78. The number of likely N-dealkylation sites (N-methyl/N-ethyl adjacent to an activating group) is 1. The maximum Gasteiger partial charge on any atom is 0.506 e. The standard InChI is InChI=1S/C33H51NO8/c1-6-7-20(34(4)5)15-41-30-23-16-40-17-33(14-27(30)42-32(38)39)24(23)11-10-21-22-9-8-19(12-18(2)3)28(31(36)37)29(22)26(35)13-25(21)33/h13,18-24,27-30H,6-12,14-17H2,1-5H3,(H,36,37)(H,38,39)/t19?,20?,21?,22?,23?,24?,27-,28-,29?,30-,33+/m1/s1. The molecule has 2 bridgehead atoms. The van der Waals surface area contributed by atoms with Gasteiger partial charge in [0.05, 0.1) is 31.8 Å². The van der Waals surface area contributed by atoms with E-state index in [4.69, 9.17) is 14.2 Å². The Hall–Kier alpha value is -1.97. The first-order valence-corrected chi connectivity index (χ1v) is 16.2. The number of allylic oxidation sites excluding steroid dienone is 1. The minimum Gasteiger partial charge on any atom is -0.481 e. The van der Waals surface area contributed by atoms with Crippen LogP contribution in [-0.2, 0) is 23.8 Å². The molecule has 1 saturated heterocycles. The summed E-state index contributed by atoms with van der Waals surface area (Å²) in [6.07, 6.45) is 6.19. The maximum absolute atomic E-state index is 14.0. The monoisotopic (exact) mass is 589 g/mol. The molecule has 7 unspecified atom stereocenters. The third-order valence-electron chi connectivity index (χ3n) is 11.5. The van der Waals surface area contributed by atoms with Crippen molar-refractivity contribution in [1.29, 1.82) is 0 Å². The number of fused-ring (bicyclic) bond motifs is 3. The quantitative estimate of drug-likeness (QED) is 0.334. The summed E-state index contributed by atoms with van der Waals surface area (Å²) in [7, 11) is 4.08. The Morgan fingerprint density at radius 3 is 2.55 bits per heavy atom. The van der Waals surface area contributed by atoms with Crippen molar-refractivity contribution < 1.29 is 38.8 Å². The van der Waals surface area contributed by atoms with Gasteiger partial charge in [0.25, 0.3) is 0 Å². The molecule has 0 spiro atoms. The molecule has 9 nitrogen and oxygen atoms in total. The number of ketones is 1. The van der Waals surface area contributed by atoms with Crippen LogP contribution in [0.4, 0.5) is 4.79 Å². The van der Waals surface area contributed by atoms with Gasteiger partial charge in [-0.1, -0.05) is 32.8 Å². The zero-order chi connectivity index (χ0) is 30.3. The molecule has 1 heterocycles. The van der Waals surface area contributed by atoms with Crippen LogP contribution in [0.2, 0.25) is 0 Å². The molecule has 3 saturated carbocycles. The number of hydrogen-bond donors (Lipinski definition) is 2. The highest BCUT2D eigenvalue weighted by molar-refractivity contribution is 5.97. The van der Waals surface area contributed by atoms with E-state index in [1.54, 1.807) is 6.08 Å². The molecule has 236 valence electrons. The summed E-state index contributed by atoms with van der Waals surface area (Å²) in [5.74, 6) is -1.39. The van der Waals surface area contributed by atoms with Crippen LogP contribution in [0.5, 0.6) is 0 Å². The first kappa shape index (κ1) is 31.5. The van der Waals surface area contributed by atoms with Crippen LogP contribution in [0.15, 0.2) is 11.6 Å². The van der Waals surface area contributed by atoms with Crippen LogP contribution in [0, 0.1) is 52.8 Å². The Balaban J connectivity index is 1.47. The predicted octanol–water partition coefficient (Wildman–Crippen LogP) is 5.13. The Morgan fingerprint density at radius 1 is 1.14 bits per heavy atom. The van der Waals surface area contributed by atoms with Crippen molar-refractivity contribution in [2.45, 2.75) is 90.4 Å². The highest BCUT2D eigenvalue weighted by atomic mass is 16.7. The van der Waals surface area contributed by atoms with Crippen LogP contribution in [0.3, 0.4) is 0 Å². The second-order valence-electron chi connectivity index (χ2n) is 14.5. The number of carboxylic acid groups (broad SMARTS) is 2. The fourth-order valence-electron chi connectivity index (χ4n) is 9.93. The molecule has 11 atom stereocenters. The molecule has 5 rings (SSSR count). The van der Waals surface area contributed by atoms with Crippen LogP contribution >= 0.6 is 0 Å². The average molecular weight is 590 g/mol. The Bertz CT molecular complexity index is 1060. The van der Waals surface area contributed by atoms with Gasteiger partial charge in [-0.2, -0.15) is 0 Å². The zero-order valence-electron chi connectivity index (χ0n) is 26.0. The minimum atomic E-state index is -1.31. The van der Waals surface area contributed by atoms with E-state index >= 15 is 0 Å². The number of nitrogens with zero attached hydrogens (tertiary/aromatic N) is 1. The number of aliphatic carboxylic acids is 1. The van der Waals surface area contributed by atoms with Gasteiger partial charge in [-0.25, -0.2) is 4.79 Å². The van der Waals surface area contributed by atoms with Crippen molar-refractivity contribution in [1.82, 2.24) is 4.90 Å². The summed E-state index contributed by atoms with van der Waals surface area (Å²) in [6, 6.07) is 0.219. The largest absolute Gasteiger partial charge is 0.506 e.